The van der Waals surface area contributed by atoms with Crippen LogP contribution in [-0.4, -0.2) is 30.6 Å². The number of hydrogen-bond donors (Lipinski definition) is 0. The maximum absolute atomic E-state index is 11.6. The highest BCUT2D eigenvalue weighted by molar-refractivity contribution is 9.10. The van der Waals surface area contributed by atoms with Gasteiger partial charge in [-0.1, -0.05) is 0 Å². The van der Waals surface area contributed by atoms with E-state index in [2.05, 4.69) is 15.9 Å². The van der Waals surface area contributed by atoms with Gasteiger partial charge in [0, 0.05) is 12.6 Å². The zero-order valence-electron chi connectivity index (χ0n) is 8.76. The highest BCUT2D eigenvalue weighted by atomic mass is 79.9. The van der Waals surface area contributed by atoms with Crippen molar-refractivity contribution in [1.29, 1.82) is 0 Å². The predicted molar refractivity (Wildman–Crippen MR) is 64.0 cm³/mol. The molecule has 0 atom stereocenters. The fourth-order valence-corrected chi connectivity index (χ4v) is 1.99. The Bertz CT molecular complexity index is 477. The number of morpholine rings is 1. The lowest BCUT2D eigenvalue weighted by Gasteiger charge is -2.26. The number of ether oxygens (including phenoxy) is 1. The molecule has 0 aliphatic carbocycles. The molecule has 0 unspecified atom stereocenters. The van der Waals surface area contributed by atoms with Gasteiger partial charge < -0.3 is 9.64 Å². The van der Waals surface area contributed by atoms with E-state index in [1.807, 2.05) is 0 Å². The number of carbonyl (C=O) groups excluding carboxylic acids is 1. The van der Waals surface area contributed by atoms with Crippen molar-refractivity contribution in [3.63, 3.8) is 0 Å². The van der Waals surface area contributed by atoms with E-state index >= 15 is 0 Å². The molecule has 7 heteroatoms. The molecule has 1 aromatic rings. The van der Waals surface area contributed by atoms with E-state index in [-0.39, 0.29) is 18.2 Å². The summed E-state index contributed by atoms with van der Waals surface area (Å²) < 4.78 is 5.40. The van der Waals surface area contributed by atoms with E-state index in [9.17, 15) is 14.9 Å². The second-order valence-electron chi connectivity index (χ2n) is 3.49. The van der Waals surface area contributed by atoms with Crippen molar-refractivity contribution in [2.75, 3.05) is 24.7 Å². The number of nitro benzene ring substituents is 1. The zero-order chi connectivity index (χ0) is 12.4. The molecule has 1 aromatic carbocycles. The zero-order valence-corrected chi connectivity index (χ0v) is 10.3. The van der Waals surface area contributed by atoms with E-state index in [4.69, 9.17) is 4.74 Å². The lowest BCUT2D eigenvalue weighted by atomic mass is 10.2. The Balaban J connectivity index is 2.35. The number of rotatable bonds is 2. The topological polar surface area (TPSA) is 72.7 Å². The molecule has 1 saturated heterocycles. The largest absolute Gasteiger partial charge is 0.370 e. The first-order valence-corrected chi connectivity index (χ1v) is 5.71. The van der Waals surface area contributed by atoms with Gasteiger partial charge in [-0.05, 0) is 28.1 Å². The van der Waals surface area contributed by atoms with E-state index in [0.717, 1.165) is 0 Å². The first kappa shape index (κ1) is 12.0. The number of benzene rings is 1. The summed E-state index contributed by atoms with van der Waals surface area (Å²) in [5, 5.41) is 10.8. The minimum atomic E-state index is -0.488. The number of nitrogens with zero attached hydrogens (tertiary/aromatic N) is 2. The Labute approximate surface area is 105 Å². The minimum absolute atomic E-state index is 0.0177. The third kappa shape index (κ3) is 2.45. The molecule has 0 N–H and O–H groups in total. The van der Waals surface area contributed by atoms with Crippen LogP contribution in [0.2, 0.25) is 0 Å². The summed E-state index contributed by atoms with van der Waals surface area (Å²) in [5.74, 6) is -0.187. The van der Waals surface area contributed by atoms with Gasteiger partial charge in [0.15, 0.2) is 0 Å². The summed E-state index contributed by atoms with van der Waals surface area (Å²) in [6, 6.07) is 4.61. The van der Waals surface area contributed by atoms with Crippen LogP contribution in [0, 0.1) is 10.1 Å². The third-order valence-electron chi connectivity index (χ3n) is 2.42. The Hall–Kier alpha value is -1.47. The number of anilines is 1. The van der Waals surface area contributed by atoms with Crippen molar-refractivity contribution in [3.8, 4) is 0 Å². The van der Waals surface area contributed by atoms with Gasteiger partial charge in [-0.3, -0.25) is 14.9 Å². The van der Waals surface area contributed by atoms with Crippen LogP contribution >= 0.6 is 15.9 Å². The molecule has 0 bridgehead atoms. The Morgan fingerprint density at radius 2 is 2.24 bits per heavy atom. The number of halogens is 1. The van der Waals surface area contributed by atoms with Gasteiger partial charge >= 0.3 is 0 Å². The van der Waals surface area contributed by atoms with Crippen LogP contribution in [0.5, 0.6) is 0 Å². The highest BCUT2D eigenvalue weighted by Gasteiger charge is 2.22. The van der Waals surface area contributed by atoms with Gasteiger partial charge in [0.25, 0.3) is 11.6 Å². The standard InChI is InChI=1S/C10H9BrN2O4/c11-8-2-1-7(5-9(8)13(15)16)12-3-4-17-6-10(12)14/h1-2,5H,3-4,6H2. The van der Waals surface area contributed by atoms with Gasteiger partial charge in [0.1, 0.15) is 6.61 Å². The van der Waals surface area contributed by atoms with Crippen LogP contribution in [0.4, 0.5) is 11.4 Å². The van der Waals surface area contributed by atoms with Crippen LogP contribution < -0.4 is 4.90 Å². The minimum Gasteiger partial charge on any atom is -0.370 e. The third-order valence-corrected chi connectivity index (χ3v) is 3.09. The first-order valence-electron chi connectivity index (χ1n) is 4.91. The summed E-state index contributed by atoms with van der Waals surface area (Å²) >= 11 is 3.10. The number of hydrogen-bond acceptors (Lipinski definition) is 4. The highest BCUT2D eigenvalue weighted by Crippen LogP contribution is 2.30. The molecule has 6 nitrogen and oxygen atoms in total. The normalized spacial score (nSPS) is 16.1. The fourth-order valence-electron chi connectivity index (χ4n) is 1.60. The van der Waals surface area contributed by atoms with Gasteiger partial charge in [-0.15, -0.1) is 0 Å². The van der Waals surface area contributed by atoms with Crippen LogP contribution in [0.15, 0.2) is 22.7 Å². The fraction of sp³-hybridized carbons (Fsp3) is 0.300. The van der Waals surface area contributed by atoms with Crippen LogP contribution in [0.1, 0.15) is 0 Å². The Morgan fingerprint density at radius 3 is 2.88 bits per heavy atom. The van der Waals surface area contributed by atoms with Crippen molar-refractivity contribution >= 4 is 33.2 Å². The molecular weight excluding hydrogens is 292 g/mol. The molecular formula is C10H9BrN2O4. The summed E-state index contributed by atoms with van der Waals surface area (Å²) in [6.07, 6.45) is 0. The average molecular weight is 301 g/mol. The summed E-state index contributed by atoms with van der Waals surface area (Å²) in [4.78, 5) is 23.4. The molecule has 0 spiro atoms. The quantitative estimate of drug-likeness (QED) is 0.616. The van der Waals surface area contributed by atoms with Crippen molar-refractivity contribution in [1.82, 2.24) is 0 Å². The predicted octanol–water partition coefficient (Wildman–Crippen LogP) is 1.72. The number of carbonyl (C=O) groups is 1. The SMILES string of the molecule is O=C1COCCN1c1ccc(Br)c([N+](=O)[O-])c1. The van der Waals surface area contributed by atoms with Gasteiger partial charge in [0.2, 0.25) is 0 Å². The molecule has 0 radical (unpaired) electrons. The summed E-state index contributed by atoms with van der Waals surface area (Å²) in [7, 11) is 0. The van der Waals surface area contributed by atoms with Gasteiger partial charge in [0.05, 0.1) is 21.7 Å². The summed E-state index contributed by atoms with van der Waals surface area (Å²) in [6.45, 7) is 0.872. The van der Waals surface area contributed by atoms with Gasteiger partial charge in [-0.25, -0.2) is 0 Å². The van der Waals surface area contributed by atoms with E-state index in [0.29, 0.717) is 23.3 Å². The van der Waals surface area contributed by atoms with E-state index in [1.165, 1.54) is 11.0 Å². The number of amides is 1. The van der Waals surface area contributed by atoms with E-state index < -0.39 is 4.92 Å². The van der Waals surface area contributed by atoms with Crippen molar-refractivity contribution in [3.05, 3.63) is 32.8 Å². The van der Waals surface area contributed by atoms with Crippen LogP contribution in [0.3, 0.4) is 0 Å². The second-order valence-corrected chi connectivity index (χ2v) is 4.35. The molecule has 0 saturated carbocycles. The van der Waals surface area contributed by atoms with E-state index in [1.54, 1.807) is 12.1 Å². The maximum atomic E-state index is 11.6. The Kier molecular flexibility index (Phi) is 3.39. The molecule has 90 valence electrons. The maximum Gasteiger partial charge on any atom is 0.285 e. The van der Waals surface area contributed by atoms with Crippen molar-refractivity contribution < 1.29 is 14.5 Å². The molecule has 17 heavy (non-hydrogen) atoms. The second kappa shape index (κ2) is 4.80. The molecule has 2 rings (SSSR count). The molecule has 1 aliphatic heterocycles. The summed E-state index contributed by atoms with van der Waals surface area (Å²) in [5.41, 5.74) is 0.468. The van der Waals surface area contributed by atoms with Crippen molar-refractivity contribution in [2.45, 2.75) is 0 Å². The van der Waals surface area contributed by atoms with Gasteiger partial charge in [-0.2, -0.15) is 0 Å². The molecule has 1 amide bonds. The smallest absolute Gasteiger partial charge is 0.285 e. The molecule has 1 heterocycles. The lowest BCUT2D eigenvalue weighted by molar-refractivity contribution is -0.385. The first-order chi connectivity index (χ1) is 8.09. The Morgan fingerprint density at radius 1 is 1.47 bits per heavy atom. The monoisotopic (exact) mass is 300 g/mol. The van der Waals surface area contributed by atoms with Crippen LogP contribution in [0.25, 0.3) is 0 Å². The molecule has 1 fully saturated rings. The van der Waals surface area contributed by atoms with Crippen LogP contribution in [-0.2, 0) is 9.53 Å². The lowest BCUT2D eigenvalue weighted by Crippen LogP contribution is -2.41. The van der Waals surface area contributed by atoms with Crippen molar-refractivity contribution in [2.24, 2.45) is 0 Å². The molecule has 1 aliphatic rings. The average Bonchev–Trinajstić information content (AvgIpc) is 2.30. The molecule has 0 aromatic heterocycles. The number of nitro groups is 1.